The summed E-state index contributed by atoms with van der Waals surface area (Å²) in [6.07, 6.45) is 0. The summed E-state index contributed by atoms with van der Waals surface area (Å²) >= 11 is 3.08. The van der Waals surface area contributed by atoms with E-state index < -0.39 is 11.8 Å². The van der Waals surface area contributed by atoms with E-state index in [2.05, 4.69) is 15.9 Å². The van der Waals surface area contributed by atoms with E-state index in [0.717, 1.165) is 0 Å². The van der Waals surface area contributed by atoms with E-state index >= 15 is 0 Å². The van der Waals surface area contributed by atoms with Crippen molar-refractivity contribution in [2.75, 3.05) is 12.3 Å². The van der Waals surface area contributed by atoms with E-state index in [1.807, 2.05) is 0 Å². The summed E-state index contributed by atoms with van der Waals surface area (Å²) in [5.74, 6) is -0.244. The molecule has 6 heteroatoms. The molecule has 0 aliphatic heterocycles. The van der Waals surface area contributed by atoms with Gasteiger partial charge in [0.2, 0.25) is 0 Å². The minimum Gasteiger partial charge on any atom is -0.462 e. The summed E-state index contributed by atoms with van der Waals surface area (Å²) in [7, 11) is 0. The fourth-order valence-corrected chi connectivity index (χ4v) is 2.03. The summed E-state index contributed by atoms with van der Waals surface area (Å²) in [4.78, 5) is 11.9. The first-order valence-corrected chi connectivity index (χ1v) is 7.00. The topological polar surface area (TPSA) is 61.5 Å². The minimum absolute atomic E-state index is 0.220. The zero-order chi connectivity index (χ0) is 15.4. The highest BCUT2D eigenvalue weighted by Gasteiger charge is 2.15. The summed E-state index contributed by atoms with van der Waals surface area (Å²) in [5.41, 5.74) is 6.32. The van der Waals surface area contributed by atoms with E-state index in [1.54, 1.807) is 19.1 Å². The normalized spacial score (nSPS) is 10.2. The molecule has 0 aliphatic rings. The first-order valence-electron chi connectivity index (χ1n) is 6.20. The zero-order valence-electron chi connectivity index (χ0n) is 11.2. The fraction of sp³-hybridized carbons (Fsp3) is 0.133. The van der Waals surface area contributed by atoms with Crippen LogP contribution in [0.1, 0.15) is 17.3 Å². The number of benzene rings is 2. The molecule has 0 fully saturated rings. The van der Waals surface area contributed by atoms with Gasteiger partial charge in [-0.15, -0.1) is 0 Å². The Morgan fingerprint density at radius 2 is 2.05 bits per heavy atom. The number of halogens is 2. The van der Waals surface area contributed by atoms with Gasteiger partial charge in [-0.1, -0.05) is 0 Å². The van der Waals surface area contributed by atoms with Gasteiger partial charge in [-0.2, -0.15) is 0 Å². The van der Waals surface area contributed by atoms with Gasteiger partial charge < -0.3 is 15.2 Å². The first kappa shape index (κ1) is 15.3. The molecular formula is C15H13BrFNO3. The molecule has 4 nitrogen and oxygen atoms in total. The van der Waals surface area contributed by atoms with E-state index in [1.165, 1.54) is 24.3 Å². The molecule has 2 aromatic carbocycles. The Morgan fingerprint density at radius 1 is 1.29 bits per heavy atom. The van der Waals surface area contributed by atoms with Crippen molar-refractivity contribution in [2.24, 2.45) is 0 Å². The third-order valence-corrected chi connectivity index (χ3v) is 3.23. The lowest BCUT2D eigenvalue weighted by Gasteiger charge is -2.11. The number of hydrogen-bond donors (Lipinski definition) is 1. The van der Waals surface area contributed by atoms with Crippen LogP contribution >= 0.6 is 15.9 Å². The molecule has 0 bridgehead atoms. The third kappa shape index (κ3) is 3.72. The van der Waals surface area contributed by atoms with Crippen LogP contribution in [0, 0.1) is 5.82 Å². The van der Waals surface area contributed by atoms with Gasteiger partial charge in [0.25, 0.3) is 0 Å². The Kier molecular flexibility index (Phi) is 4.80. The quantitative estimate of drug-likeness (QED) is 0.662. The monoisotopic (exact) mass is 353 g/mol. The lowest BCUT2D eigenvalue weighted by molar-refractivity contribution is 0.0523. The molecule has 0 unspecified atom stereocenters. The Bertz CT molecular complexity index is 676. The summed E-state index contributed by atoms with van der Waals surface area (Å²) in [6, 6.07) is 8.86. The molecule has 21 heavy (non-hydrogen) atoms. The number of nitrogen functional groups attached to an aromatic ring is 1. The number of nitrogens with two attached hydrogens (primary N) is 1. The van der Waals surface area contributed by atoms with E-state index in [-0.39, 0.29) is 16.6 Å². The molecule has 2 aromatic rings. The van der Waals surface area contributed by atoms with Gasteiger partial charge in [0.05, 0.1) is 11.1 Å². The second-order valence-corrected chi connectivity index (χ2v) is 5.01. The van der Waals surface area contributed by atoms with Crippen molar-refractivity contribution in [1.29, 1.82) is 0 Å². The number of anilines is 1. The average molecular weight is 354 g/mol. The maximum absolute atomic E-state index is 13.2. The molecule has 0 aromatic heterocycles. The second kappa shape index (κ2) is 6.58. The van der Waals surface area contributed by atoms with Crippen molar-refractivity contribution in [1.82, 2.24) is 0 Å². The zero-order valence-corrected chi connectivity index (χ0v) is 12.8. The molecule has 0 saturated heterocycles. The Labute approximate surface area is 129 Å². The van der Waals surface area contributed by atoms with Crippen LogP contribution in [0.3, 0.4) is 0 Å². The van der Waals surface area contributed by atoms with Crippen LogP contribution in [0.25, 0.3) is 0 Å². The van der Waals surface area contributed by atoms with E-state index in [0.29, 0.717) is 17.2 Å². The predicted molar refractivity (Wildman–Crippen MR) is 81.0 cm³/mol. The molecule has 0 radical (unpaired) electrons. The second-order valence-electron chi connectivity index (χ2n) is 4.15. The molecule has 0 aliphatic carbocycles. The van der Waals surface area contributed by atoms with Crippen LogP contribution in [0.15, 0.2) is 40.9 Å². The average Bonchev–Trinajstić information content (AvgIpc) is 2.45. The van der Waals surface area contributed by atoms with Gasteiger partial charge in [0.1, 0.15) is 22.9 Å². The molecule has 0 heterocycles. The molecule has 2 rings (SSSR count). The van der Waals surface area contributed by atoms with Crippen molar-refractivity contribution < 1.29 is 18.7 Å². The maximum Gasteiger partial charge on any atom is 0.342 e. The SMILES string of the molecule is CCOC(=O)c1cc(N)ccc1Oc1ccc(F)c(Br)c1. The van der Waals surface area contributed by atoms with E-state index in [4.69, 9.17) is 15.2 Å². The first-order chi connectivity index (χ1) is 10.0. The lowest BCUT2D eigenvalue weighted by atomic mass is 10.2. The molecule has 2 N–H and O–H groups in total. The van der Waals surface area contributed by atoms with Crippen LogP contribution in [0.5, 0.6) is 11.5 Å². The molecule has 0 atom stereocenters. The van der Waals surface area contributed by atoms with Gasteiger partial charge in [-0.25, -0.2) is 9.18 Å². The van der Waals surface area contributed by atoms with Crippen LogP contribution in [-0.4, -0.2) is 12.6 Å². The number of rotatable bonds is 4. The highest BCUT2D eigenvalue weighted by molar-refractivity contribution is 9.10. The fourth-order valence-electron chi connectivity index (χ4n) is 1.67. The molecule has 110 valence electrons. The standard InChI is InChI=1S/C15H13BrFNO3/c1-2-20-15(19)11-7-9(18)3-6-14(11)21-10-4-5-13(17)12(16)8-10/h3-8H,2,18H2,1H3. The van der Waals surface area contributed by atoms with Gasteiger partial charge in [0.15, 0.2) is 0 Å². The molecule has 0 spiro atoms. The van der Waals surface area contributed by atoms with Crippen molar-refractivity contribution in [3.05, 3.63) is 52.3 Å². The Balaban J connectivity index is 2.34. The predicted octanol–water partition coefficient (Wildman–Crippen LogP) is 4.14. The number of ether oxygens (including phenoxy) is 2. The molecular weight excluding hydrogens is 341 g/mol. The van der Waals surface area contributed by atoms with Gasteiger partial charge in [0, 0.05) is 5.69 Å². The number of carbonyl (C=O) groups excluding carboxylic acids is 1. The largest absolute Gasteiger partial charge is 0.462 e. The van der Waals surface area contributed by atoms with Gasteiger partial charge in [-0.3, -0.25) is 0 Å². The third-order valence-electron chi connectivity index (χ3n) is 2.62. The number of hydrogen-bond acceptors (Lipinski definition) is 4. The summed E-state index contributed by atoms with van der Waals surface area (Å²) in [5, 5.41) is 0. The maximum atomic E-state index is 13.2. The van der Waals surface area contributed by atoms with Crippen LogP contribution < -0.4 is 10.5 Å². The Morgan fingerprint density at radius 3 is 2.71 bits per heavy atom. The molecule has 0 saturated carbocycles. The van der Waals surface area contributed by atoms with Gasteiger partial charge >= 0.3 is 5.97 Å². The highest BCUT2D eigenvalue weighted by atomic mass is 79.9. The highest BCUT2D eigenvalue weighted by Crippen LogP contribution is 2.30. The van der Waals surface area contributed by atoms with Crippen molar-refractivity contribution in [3.63, 3.8) is 0 Å². The summed E-state index contributed by atoms with van der Waals surface area (Å²) in [6.45, 7) is 1.96. The van der Waals surface area contributed by atoms with E-state index in [9.17, 15) is 9.18 Å². The lowest BCUT2D eigenvalue weighted by Crippen LogP contribution is -2.07. The van der Waals surface area contributed by atoms with Crippen molar-refractivity contribution >= 4 is 27.6 Å². The van der Waals surface area contributed by atoms with Crippen molar-refractivity contribution in [2.45, 2.75) is 6.92 Å². The number of carbonyl (C=O) groups is 1. The molecule has 0 amide bonds. The van der Waals surface area contributed by atoms with Crippen LogP contribution in [0.2, 0.25) is 0 Å². The van der Waals surface area contributed by atoms with Crippen LogP contribution in [-0.2, 0) is 4.74 Å². The Hall–Kier alpha value is -2.08. The summed E-state index contributed by atoms with van der Waals surface area (Å²) < 4.78 is 24.1. The smallest absolute Gasteiger partial charge is 0.342 e. The van der Waals surface area contributed by atoms with Gasteiger partial charge in [-0.05, 0) is 59.3 Å². The minimum atomic E-state index is -0.527. The van der Waals surface area contributed by atoms with Crippen LogP contribution in [0.4, 0.5) is 10.1 Å². The number of esters is 1. The van der Waals surface area contributed by atoms with Crippen molar-refractivity contribution in [3.8, 4) is 11.5 Å².